The highest BCUT2D eigenvalue weighted by Crippen LogP contribution is 2.33. The van der Waals surface area contributed by atoms with Crippen LogP contribution in [0.4, 0.5) is 0 Å². The lowest BCUT2D eigenvalue weighted by Gasteiger charge is -2.34. The van der Waals surface area contributed by atoms with Crippen LogP contribution in [0, 0.1) is 29.6 Å². The second-order valence-electron chi connectivity index (χ2n) is 25.9. The Morgan fingerprint density at radius 1 is 0.524 bits per heavy atom. The molecule has 0 radical (unpaired) electrons. The SMILES string of the molecule is CCCCCCCC[C@H](NC(=O)[C@@H]1CCCC[C@@H]1C(=O)c1ccccc1)C(=O)N[C@@H](CC(C)C)C(=O)NC(C)(C)C(=O)N[C@@H](CC(C)C)C(=O)N[C@@H](CC(C)C)C(=O)NC(C)(C)C(=O)NC(C)(C)C(=O)NCCC(=O)N[C@@H](C)CN(C)C. The first-order chi connectivity index (χ1) is 38.2. The van der Waals surface area contributed by atoms with E-state index in [1.165, 1.54) is 41.5 Å². The molecule has 0 aliphatic heterocycles. The van der Waals surface area contributed by atoms with Crippen LogP contribution in [-0.2, 0) is 43.2 Å². The molecule has 20 heteroatoms. The molecule has 464 valence electrons. The number of amides is 9. The molecule has 0 saturated heterocycles. The molecule has 7 atom stereocenters. The van der Waals surface area contributed by atoms with Crippen LogP contribution in [0.3, 0.4) is 0 Å². The Morgan fingerprint density at radius 2 is 0.988 bits per heavy atom. The van der Waals surface area contributed by atoms with Crippen LogP contribution in [0.15, 0.2) is 30.3 Å². The number of rotatable bonds is 36. The standard InChI is InChI=1S/C62H106N10O10/c1-17-18-19-20-21-25-32-46(65-52(75)45-31-27-26-30-44(45)51(74)43-28-23-22-24-29-43)53(76)66-48(36-40(4)5)55(78)69-61(11,12)58(81)68-47(35-39(2)3)54(77)67-49(37-41(6)7)56(79)70-62(13,14)59(82)71-60(9,10)57(80)63-34-33-50(73)64-42(8)38-72(15)16/h22-24,28-29,39-42,44-49H,17-21,25-27,30-38H2,1-16H3,(H,63,80)(H,64,73)(H,65,75)(H,66,76)(H,67,77)(H,68,81)(H,69,78)(H,70,79)(H,71,82)/t42-,44-,45+,46-,47-,48-,49-/m0/s1. The van der Waals surface area contributed by atoms with Crippen molar-refractivity contribution in [1.82, 2.24) is 52.8 Å². The summed E-state index contributed by atoms with van der Waals surface area (Å²) < 4.78 is 0. The largest absolute Gasteiger partial charge is 0.354 e. The Hall–Kier alpha value is -5.92. The topological polar surface area (TPSA) is 282 Å². The molecule has 2 rings (SSSR count). The first-order valence-corrected chi connectivity index (χ1v) is 30.2. The van der Waals surface area contributed by atoms with Crippen LogP contribution in [-0.4, -0.2) is 138 Å². The fourth-order valence-corrected chi connectivity index (χ4v) is 10.1. The molecule has 1 aromatic carbocycles. The fourth-order valence-electron chi connectivity index (χ4n) is 10.1. The van der Waals surface area contributed by atoms with Crippen molar-refractivity contribution in [3.8, 4) is 0 Å². The van der Waals surface area contributed by atoms with Gasteiger partial charge in [0.25, 0.3) is 0 Å². The summed E-state index contributed by atoms with van der Waals surface area (Å²) in [6, 6.07) is 4.42. The Kier molecular flexibility index (Phi) is 30.5. The molecule has 20 nitrogen and oxygen atoms in total. The van der Waals surface area contributed by atoms with E-state index in [1.807, 2.05) is 73.5 Å². The number of ketones is 1. The van der Waals surface area contributed by atoms with Crippen molar-refractivity contribution in [1.29, 1.82) is 0 Å². The van der Waals surface area contributed by atoms with Gasteiger partial charge < -0.3 is 52.8 Å². The van der Waals surface area contributed by atoms with Crippen LogP contribution in [0.25, 0.3) is 0 Å². The van der Waals surface area contributed by atoms with Gasteiger partial charge in [-0.1, -0.05) is 130 Å². The van der Waals surface area contributed by atoms with Gasteiger partial charge in [-0.25, -0.2) is 0 Å². The molecule has 0 unspecified atom stereocenters. The Bertz CT molecular complexity index is 2270. The van der Waals surface area contributed by atoms with Crippen LogP contribution in [0.2, 0.25) is 0 Å². The van der Waals surface area contributed by atoms with Gasteiger partial charge in [0.1, 0.15) is 40.8 Å². The van der Waals surface area contributed by atoms with Gasteiger partial charge in [0, 0.05) is 43.0 Å². The molecule has 1 aromatic rings. The van der Waals surface area contributed by atoms with E-state index in [9.17, 15) is 47.9 Å². The van der Waals surface area contributed by atoms with Crippen molar-refractivity contribution in [2.45, 2.75) is 240 Å². The lowest BCUT2D eigenvalue weighted by molar-refractivity contribution is -0.139. The molecule has 1 fully saturated rings. The second kappa shape index (κ2) is 34.6. The predicted octanol–water partition coefficient (Wildman–Crippen LogP) is 5.76. The smallest absolute Gasteiger partial charge is 0.246 e. The Balaban J connectivity index is 2.26. The first kappa shape index (κ1) is 72.2. The number of Topliss-reactive ketones (excluding diaryl/α,β-unsaturated/α-hetero) is 1. The molecule has 1 saturated carbocycles. The summed E-state index contributed by atoms with van der Waals surface area (Å²) in [6.45, 7) is 24.8. The molecule has 0 heterocycles. The minimum absolute atomic E-state index is 0.0300. The second-order valence-corrected chi connectivity index (χ2v) is 25.9. The fraction of sp³-hybridized carbons (Fsp3) is 0.742. The molecular weight excluding hydrogens is 1040 g/mol. The zero-order valence-electron chi connectivity index (χ0n) is 52.7. The number of benzene rings is 1. The lowest BCUT2D eigenvalue weighted by atomic mass is 9.75. The molecule has 9 amide bonds. The average molecular weight is 1150 g/mol. The van der Waals surface area contributed by atoms with Crippen LogP contribution in [0.5, 0.6) is 0 Å². The molecular formula is C62H106N10O10. The maximum absolute atomic E-state index is 14.4. The zero-order chi connectivity index (χ0) is 62.1. The minimum atomic E-state index is -1.63. The minimum Gasteiger partial charge on any atom is -0.354 e. The highest BCUT2D eigenvalue weighted by atomic mass is 16.2. The van der Waals surface area contributed by atoms with E-state index in [1.54, 1.807) is 24.3 Å². The van der Waals surface area contributed by atoms with Crippen molar-refractivity contribution in [3.63, 3.8) is 0 Å². The van der Waals surface area contributed by atoms with Crippen LogP contribution in [0.1, 0.15) is 204 Å². The maximum Gasteiger partial charge on any atom is 0.246 e. The summed E-state index contributed by atoms with van der Waals surface area (Å²) in [5.74, 6) is -6.63. The molecule has 9 N–H and O–H groups in total. The molecule has 1 aliphatic carbocycles. The van der Waals surface area contributed by atoms with E-state index in [-0.39, 0.29) is 73.6 Å². The number of unbranched alkanes of at least 4 members (excludes halogenated alkanes) is 5. The van der Waals surface area contributed by atoms with Gasteiger partial charge in [0.05, 0.1) is 0 Å². The average Bonchev–Trinajstić information content (AvgIpc) is 3.44. The first-order valence-electron chi connectivity index (χ1n) is 30.2. The number of hydrogen-bond donors (Lipinski definition) is 9. The van der Waals surface area contributed by atoms with Crippen LogP contribution < -0.4 is 47.9 Å². The zero-order valence-corrected chi connectivity index (χ0v) is 52.7. The number of nitrogens with zero attached hydrogens (tertiary/aromatic N) is 1. The summed E-state index contributed by atoms with van der Waals surface area (Å²) in [5.41, 5.74) is -4.11. The number of nitrogens with one attached hydrogen (secondary N) is 9. The normalized spacial score (nSPS) is 16.7. The third kappa shape index (κ3) is 25.7. The predicted molar refractivity (Wildman–Crippen MR) is 321 cm³/mol. The number of carbonyl (C=O) groups is 10. The summed E-state index contributed by atoms with van der Waals surface area (Å²) in [6.07, 6.45) is 9.23. The van der Waals surface area contributed by atoms with E-state index in [0.717, 1.165) is 44.9 Å². The van der Waals surface area contributed by atoms with Crippen molar-refractivity contribution >= 4 is 58.9 Å². The third-order valence-electron chi connectivity index (χ3n) is 14.7. The quantitative estimate of drug-likeness (QED) is 0.0288. The van der Waals surface area contributed by atoms with Gasteiger partial charge in [-0.05, 0) is 119 Å². The molecule has 0 bridgehead atoms. The van der Waals surface area contributed by atoms with Gasteiger partial charge in [0.15, 0.2) is 5.78 Å². The highest BCUT2D eigenvalue weighted by molar-refractivity contribution is 6.02. The summed E-state index contributed by atoms with van der Waals surface area (Å²) in [5, 5.41) is 25.3. The van der Waals surface area contributed by atoms with E-state index in [2.05, 4.69) is 54.8 Å². The maximum atomic E-state index is 14.4. The van der Waals surface area contributed by atoms with Crippen molar-refractivity contribution in [2.24, 2.45) is 29.6 Å². The van der Waals surface area contributed by atoms with E-state index < -0.39 is 94.0 Å². The van der Waals surface area contributed by atoms with E-state index in [4.69, 9.17) is 0 Å². The summed E-state index contributed by atoms with van der Waals surface area (Å²) in [4.78, 5) is 141. The Labute approximate surface area is 490 Å². The molecule has 82 heavy (non-hydrogen) atoms. The monoisotopic (exact) mass is 1150 g/mol. The van der Waals surface area contributed by atoms with Crippen LogP contribution >= 0.6 is 0 Å². The number of carbonyl (C=O) groups excluding carboxylic acids is 10. The number of hydrogen-bond acceptors (Lipinski definition) is 11. The van der Waals surface area contributed by atoms with E-state index in [0.29, 0.717) is 37.8 Å². The number of likely N-dealkylation sites (N-methyl/N-ethyl adjacent to an activating group) is 1. The molecule has 1 aliphatic rings. The molecule has 0 spiro atoms. The molecule has 0 aromatic heterocycles. The lowest BCUT2D eigenvalue weighted by Crippen LogP contribution is -2.65. The third-order valence-corrected chi connectivity index (χ3v) is 14.7. The van der Waals surface area contributed by atoms with Gasteiger partial charge in [-0.2, -0.15) is 0 Å². The van der Waals surface area contributed by atoms with Crippen molar-refractivity contribution < 1.29 is 47.9 Å². The summed E-state index contributed by atoms with van der Waals surface area (Å²) >= 11 is 0. The van der Waals surface area contributed by atoms with Crippen molar-refractivity contribution in [2.75, 3.05) is 27.2 Å². The highest BCUT2D eigenvalue weighted by Gasteiger charge is 2.42. The van der Waals surface area contributed by atoms with Crippen molar-refractivity contribution in [3.05, 3.63) is 35.9 Å². The van der Waals surface area contributed by atoms with E-state index >= 15 is 0 Å². The summed E-state index contributed by atoms with van der Waals surface area (Å²) in [7, 11) is 3.80. The Morgan fingerprint density at radius 3 is 1.50 bits per heavy atom. The van der Waals surface area contributed by atoms with Gasteiger partial charge in [0.2, 0.25) is 53.2 Å². The van der Waals surface area contributed by atoms with Gasteiger partial charge >= 0.3 is 0 Å². The van der Waals surface area contributed by atoms with Gasteiger partial charge in [-0.3, -0.25) is 47.9 Å². The van der Waals surface area contributed by atoms with Gasteiger partial charge in [-0.15, -0.1) is 0 Å².